The highest BCUT2D eigenvalue weighted by molar-refractivity contribution is 6.30. The molecule has 0 fully saturated rings. The summed E-state index contributed by atoms with van der Waals surface area (Å²) in [6.07, 6.45) is -0.580. The quantitative estimate of drug-likeness (QED) is 0.354. The standard InChI is InChI=1S/C22H30ClF3N2O3/c1-14(18-11-16(23)10-15-8-9-31-20(15)18)12-21(29,22(24,25)26)13-17(27)6-4-5-7-19(28-2)30-3/h5-7,10-11,14,19,28-29H,4,8-9,12-13,27H2,1-3H3/b7-5-,17-6-. The number of benzene rings is 1. The molecule has 1 heterocycles. The van der Waals surface area contributed by atoms with Crippen LogP contribution in [0.15, 0.2) is 36.1 Å². The molecule has 0 radical (unpaired) electrons. The number of ether oxygens (including phenoxy) is 2. The predicted molar refractivity (Wildman–Crippen MR) is 115 cm³/mol. The van der Waals surface area contributed by atoms with Gasteiger partial charge in [-0.1, -0.05) is 30.7 Å². The average molecular weight is 463 g/mol. The van der Waals surface area contributed by atoms with E-state index in [-0.39, 0.29) is 11.9 Å². The molecule has 0 aliphatic carbocycles. The number of aliphatic hydroxyl groups is 1. The van der Waals surface area contributed by atoms with Crippen molar-refractivity contribution in [3.63, 3.8) is 0 Å². The minimum absolute atomic E-state index is 0.0392. The number of rotatable bonds is 10. The van der Waals surface area contributed by atoms with Crippen LogP contribution in [-0.4, -0.2) is 43.9 Å². The molecule has 0 bridgehead atoms. The van der Waals surface area contributed by atoms with Crippen molar-refractivity contribution in [2.75, 3.05) is 20.8 Å². The Labute approximate surface area is 186 Å². The van der Waals surface area contributed by atoms with Gasteiger partial charge < -0.3 is 20.3 Å². The van der Waals surface area contributed by atoms with Crippen LogP contribution < -0.4 is 15.8 Å². The monoisotopic (exact) mass is 462 g/mol. The lowest BCUT2D eigenvalue weighted by molar-refractivity contribution is -0.263. The number of alkyl halides is 3. The van der Waals surface area contributed by atoms with E-state index in [1.165, 1.54) is 13.2 Å². The highest BCUT2D eigenvalue weighted by Crippen LogP contribution is 2.45. The molecule has 1 aromatic carbocycles. The average Bonchev–Trinajstić information content (AvgIpc) is 3.14. The third kappa shape index (κ3) is 6.62. The Morgan fingerprint density at radius 1 is 1.42 bits per heavy atom. The summed E-state index contributed by atoms with van der Waals surface area (Å²) in [6, 6.07) is 3.36. The predicted octanol–water partition coefficient (Wildman–Crippen LogP) is 4.43. The second kappa shape index (κ2) is 10.7. The Morgan fingerprint density at radius 2 is 2.13 bits per heavy atom. The highest BCUT2D eigenvalue weighted by Gasteiger charge is 2.54. The molecule has 0 saturated heterocycles. The molecule has 1 aliphatic rings. The highest BCUT2D eigenvalue weighted by atomic mass is 35.5. The van der Waals surface area contributed by atoms with Crippen molar-refractivity contribution in [1.29, 1.82) is 0 Å². The fraction of sp³-hybridized carbons (Fsp3) is 0.545. The summed E-state index contributed by atoms with van der Waals surface area (Å²) in [5, 5.41) is 13.9. The molecular formula is C22H30ClF3N2O3. The van der Waals surface area contributed by atoms with E-state index < -0.39 is 30.5 Å². The lowest BCUT2D eigenvalue weighted by atomic mass is 9.82. The zero-order valence-electron chi connectivity index (χ0n) is 17.9. The Kier molecular flexibility index (Phi) is 8.83. The Morgan fingerprint density at radius 3 is 2.74 bits per heavy atom. The molecule has 2 rings (SSSR count). The molecule has 3 unspecified atom stereocenters. The number of allylic oxidation sites excluding steroid dienone is 2. The summed E-state index contributed by atoms with van der Waals surface area (Å²) in [5.41, 5.74) is 4.25. The van der Waals surface area contributed by atoms with Crippen LogP contribution in [0.3, 0.4) is 0 Å². The molecule has 0 amide bonds. The fourth-order valence-electron chi connectivity index (χ4n) is 3.69. The zero-order valence-corrected chi connectivity index (χ0v) is 18.7. The largest absolute Gasteiger partial charge is 0.493 e. The van der Waals surface area contributed by atoms with Crippen molar-refractivity contribution in [3.05, 3.63) is 52.2 Å². The summed E-state index contributed by atoms with van der Waals surface area (Å²) in [4.78, 5) is 0. The Bertz CT molecular complexity index is 810. The lowest BCUT2D eigenvalue weighted by Gasteiger charge is -2.33. The van der Waals surface area contributed by atoms with E-state index in [1.54, 1.807) is 38.3 Å². The van der Waals surface area contributed by atoms with E-state index in [2.05, 4.69) is 5.32 Å². The number of likely N-dealkylation sites (N-methyl/N-ethyl adjacent to an activating group) is 1. The van der Waals surface area contributed by atoms with Gasteiger partial charge in [-0.3, -0.25) is 5.32 Å². The smallest absolute Gasteiger partial charge is 0.417 e. The molecule has 5 nitrogen and oxygen atoms in total. The van der Waals surface area contributed by atoms with Gasteiger partial charge in [0.2, 0.25) is 0 Å². The van der Waals surface area contributed by atoms with Gasteiger partial charge in [0.05, 0.1) is 6.61 Å². The fourth-order valence-corrected chi connectivity index (χ4v) is 3.94. The second-order valence-corrected chi connectivity index (χ2v) is 8.22. The van der Waals surface area contributed by atoms with E-state index in [4.69, 9.17) is 26.8 Å². The lowest BCUT2D eigenvalue weighted by Crippen LogP contribution is -2.47. The number of halogens is 4. The van der Waals surface area contributed by atoms with Crippen LogP contribution in [0.25, 0.3) is 0 Å². The number of hydrogen-bond acceptors (Lipinski definition) is 5. The molecule has 0 saturated carbocycles. The van der Waals surface area contributed by atoms with Crippen molar-refractivity contribution in [2.24, 2.45) is 5.73 Å². The van der Waals surface area contributed by atoms with Gasteiger partial charge in [0.15, 0.2) is 5.60 Å². The topological polar surface area (TPSA) is 76.7 Å². The van der Waals surface area contributed by atoms with Gasteiger partial charge in [-0.2, -0.15) is 13.2 Å². The van der Waals surface area contributed by atoms with Crippen LogP contribution >= 0.6 is 11.6 Å². The first kappa shape index (κ1) is 25.5. The summed E-state index contributed by atoms with van der Waals surface area (Å²) in [5.74, 6) is -0.0877. The van der Waals surface area contributed by atoms with Crippen molar-refractivity contribution in [3.8, 4) is 5.75 Å². The van der Waals surface area contributed by atoms with Crippen molar-refractivity contribution in [1.82, 2.24) is 5.32 Å². The minimum Gasteiger partial charge on any atom is -0.493 e. The van der Waals surface area contributed by atoms with Crippen LogP contribution in [0, 0.1) is 0 Å². The first-order valence-corrected chi connectivity index (χ1v) is 10.4. The third-order valence-corrected chi connectivity index (χ3v) is 5.56. The van der Waals surface area contributed by atoms with Gasteiger partial charge in [-0.15, -0.1) is 0 Å². The molecular weight excluding hydrogens is 433 g/mol. The number of nitrogens with two attached hydrogens (primary N) is 1. The van der Waals surface area contributed by atoms with E-state index in [9.17, 15) is 18.3 Å². The van der Waals surface area contributed by atoms with Gasteiger partial charge in [-0.05, 0) is 55.1 Å². The molecule has 31 heavy (non-hydrogen) atoms. The summed E-state index contributed by atoms with van der Waals surface area (Å²) < 4.78 is 52.3. The normalized spacial score (nSPS) is 18.5. The summed E-state index contributed by atoms with van der Waals surface area (Å²) in [7, 11) is 3.24. The van der Waals surface area contributed by atoms with Crippen LogP contribution in [-0.2, 0) is 11.2 Å². The SMILES string of the molecule is CNC(/C=C\C/C=C(\N)CC(O)(CC(C)c1cc(Cl)cc2c1OCC2)C(F)(F)F)OC. The number of hydrogen-bond donors (Lipinski definition) is 3. The van der Waals surface area contributed by atoms with Crippen LogP contribution in [0.4, 0.5) is 13.2 Å². The Hall–Kier alpha value is -1.74. The van der Waals surface area contributed by atoms with Gasteiger partial charge in [0, 0.05) is 30.7 Å². The second-order valence-electron chi connectivity index (χ2n) is 7.78. The van der Waals surface area contributed by atoms with Crippen LogP contribution in [0.1, 0.15) is 43.2 Å². The zero-order chi connectivity index (χ0) is 23.2. The van der Waals surface area contributed by atoms with E-state index in [0.717, 1.165) is 5.56 Å². The van der Waals surface area contributed by atoms with Gasteiger partial charge in [0.1, 0.15) is 12.0 Å². The molecule has 174 valence electrons. The van der Waals surface area contributed by atoms with Crippen molar-refractivity contribution >= 4 is 11.6 Å². The van der Waals surface area contributed by atoms with E-state index in [0.29, 0.717) is 35.8 Å². The number of methoxy groups -OCH3 is 1. The minimum atomic E-state index is -4.86. The number of fused-ring (bicyclic) bond motifs is 1. The first-order valence-electron chi connectivity index (χ1n) is 10.1. The Balaban J connectivity index is 2.17. The number of nitrogens with one attached hydrogen (secondary N) is 1. The first-order chi connectivity index (χ1) is 14.5. The summed E-state index contributed by atoms with van der Waals surface area (Å²) >= 11 is 6.14. The van der Waals surface area contributed by atoms with Gasteiger partial charge in [-0.25, -0.2) is 0 Å². The molecule has 9 heteroatoms. The maximum absolute atomic E-state index is 13.9. The molecule has 0 spiro atoms. The van der Waals surface area contributed by atoms with Crippen molar-refractivity contribution < 1.29 is 27.8 Å². The van der Waals surface area contributed by atoms with E-state index >= 15 is 0 Å². The maximum atomic E-state index is 13.9. The molecule has 1 aliphatic heterocycles. The van der Waals surface area contributed by atoms with Crippen LogP contribution in [0.5, 0.6) is 5.75 Å². The maximum Gasteiger partial charge on any atom is 0.417 e. The molecule has 4 N–H and O–H groups in total. The van der Waals surface area contributed by atoms with E-state index in [1.807, 2.05) is 0 Å². The third-order valence-electron chi connectivity index (χ3n) is 5.34. The summed E-state index contributed by atoms with van der Waals surface area (Å²) in [6.45, 7) is 2.08. The molecule has 1 aromatic rings. The van der Waals surface area contributed by atoms with Gasteiger partial charge >= 0.3 is 6.18 Å². The molecule has 3 atom stereocenters. The van der Waals surface area contributed by atoms with Crippen LogP contribution in [0.2, 0.25) is 5.02 Å². The van der Waals surface area contributed by atoms with Crippen molar-refractivity contribution in [2.45, 2.75) is 56.5 Å². The van der Waals surface area contributed by atoms with Gasteiger partial charge in [0.25, 0.3) is 0 Å². The molecule has 0 aromatic heterocycles.